The van der Waals surface area contributed by atoms with Gasteiger partial charge < -0.3 is 19.3 Å². The van der Waals surface area contributed by atoms with Gasteiger partial charge in [0.05, 0.1) is 0 Å². The summed E-state index contributed by atoms with van der Waals surface area (Å²) in [5, 5.41) is 9.48. The molecule has 0 fully saturated rings. The van der Waals surface area contributed by atoms with Gasteiger partial charge in [0.25, 0.3) is 0 Å². The van der Waals surface area contributed by atoms with E-state index in [1.807, 2.05) is 0 Å². The van der Waals surface area contributed by atoms with E-state index in [9.17, 15) is 9.90 Å². The van der Waals surface area contributed by atoms with E-state index in [4.69, 9.17) is 14.2 Å². The minimum atomic E-state index is -1.70. The number of rotatable bonds is 6. The van der Waals surface area contributed by atoms with Crippen molar-refractivity contribution in [3.05, 3.63) is 34.3 Å². The fourth-order valence-electron chi connectivity index (χ4n) is 1.79. The Kier molecular flexibility index (Phi) is 5.28. The van der Waals surface area contributed by atoms with Crippen LogP contribution in [0, 0.1) is 0 Å². The van der Waals surface area contributed by atoms with E-state index in [1.165, 1.54) is 21.3 Å². The van der Waals surface area contributed by atoms with Crippen LogP contribution in [-0.2, 0) is 24.6 Å². The lowest BCUT2D eigenvalue weighted by Crippen LogP contribution is -2.50. The van der Waals surface area contributed by atoms with E-state index < -0.39 is 17.9 Å². The van der Waals surface area contributed by atoms with Crippen LogP contribution in [0.5, 0.6) is 0 Å². The summed E-state index contributed by atoms with van der Waals surface area (Å²) in [4.78, 5) is 11.6. The Morgan fingerprint density at radius 2 is 1.72 bits per heavy atom. The molecule has 0 aliphatic carbocycles. The molecule has 0 aliphatic rings. The summed E-state index contributed by atoms with van der Waals surface area (Å²) in [5.41, 5.74) is -1.26. The number of carboxylic acid groups (broad SMARTS) is 1. The molecule has 1 N–H and O–H groups in total. The lowest BCUT2D eigenvalue weighted by atomic mass is 9.92. The summed E-state index contributed by atoms with van der Waals surface area (Å²) in [6, 6.07) is 6.75. The van der Waals surface area contributed by atoms with Crippen LogP contribution in [-0.4, -0.2) is 38.7 Å². The zero-order valence-electron chi connectivity index (χ0n) is 10.3. The highest BCUT2D eigenvalue weighted by molar-refractivity contribution is 9.10. The third kappa shape index (κ3) is 2.56. The molecule has 18 heavy (non-hydrogen) atoms. The van der Waals surface area contributed by atoms with Crippen molar-refractivity contribution in [3.8, 4) is 0 Å². The monoisotopic (exact) mass is 318 g/mol. The Balaban J connectivity index is 3.35. The average Bonchev–Trinajstić information content (AvgIpc) is 2.36. The first-order valence-electron chi connectivity index (χ1n) is 5.13. The number of carbonyl (C=O) groups is 1. The van der Waals surface area contributed by atoms with Crippen LogP contribution in [0.4, 0.5) is 0 Å². The quantitative estimate of drug-likeness (QED) is 0.813. The van der Waals surface area contributed by atoms with Crippen LogP contribution in [0.15, 0.2) is 28.7 Å². The molecule has 1 rings (SSSR count). The smallest absolute Gasteiger partial charge is 0.346 e. The molecule has 0 saturated carbocycles. The van der Waals surface area contributed by atoms with Crippen molar-refractivity contribution in [2.24, 2.45) is 0 Å². The summed E-state index contributed by atoms with van der Waals surface area (Å²) >= 11 is 3.29. The fraction of sp³-hybridized carbons (Fsp3) is 0.417. The second-order valence-electron chi connectivity index (χ2n) is 3.56. The van der Waals surface area contributed by atoms with Crippen molar-refractivity contribution in [1.29, 1.82) is 0 Å². The first-order valence-corrected chi connectivity index (χ1v) is 5.92. The third-order valence-corrected chi connectivity index (χ3v) is 3.20. The van der Waals surface area contributed by atoms with Gasteiger partial charge in [0.15, 0.2) is 0 Å². The number of aliphatic carboxylic acids is 1. The van der Waals surface area contributed by atoms with E-state index in [1.54, 1.807) is 24.3 Å². The predicted molar refractivity (Wildman–Crippen MR) is 68.3 cm³/mol. The van der Waals surface area contributed by atoms with Crippen molar-refractivity contribution in [1.82, 2.24) is 0 Å². The van der Waals surface area contributed by atoms with E-state index in [0.29, 0.717) is 5.56 Å². The number of hydrogen-bond acceptors (Lipinski definition) is 4. The topological polar surface area (TPSA) is 65.0 Å². The summed E-state index contributed by atoms with van der Waals surface area (Å²) in [6.45, 7) is 0. The highest BCUT2D eigenvalue weighted by atomic mass is 79.9. The zero-order chi connectivity index (χ0) is 13.8. The van der Waals surface area contributed by atoms with Crippen molar-refractivity contribution in [2.75, 3.05) is 21.3 Å². The van der Waals surface area contributed by atoms with Crippen molar-refractivity contribution >= 4 is 21.9 Å². The molecule has 0 spiro atoms. The van der Waals surface area contributed by atoms with E-state index in [2.05, 4.69) is 15.9 Å². The van der Waals surface area contributed by atoms with Gasteiger partial charge >= 0.3 is 5.97 Å². The van der Waals surface area contributed by atoms with Crippen LogP contribution >= 0.6 is 15.9 Å². The van der Waals surface area contributed by atoms with Gasteiger partial charge in [0.1, 0.15) is 0 Å². The largest absolute Gasteiger partial charge is 0.479 e. The third-order valence-electron chi connectivity index (χ3n) is 2.67. The number of methoxy groups -OCH3 is 3. The Labute approximate surface area is 114 Å². The van der Waals surface area contributed by atoms with Crippen LogP contribution in [0.2, 0.25) is 0 Å². The van der Waals surface area contributed by atoms with Gasteiger partial charge in [-0.15, -0.1) is 0 Å². The maximum atomic E-state index is 11.6. The molecule has 5 nitrogen and oxygen atoms in total. The normalized spacial score (nSPS) is 14.5. The molecule has 0 bridgehead atoms. The summed E-state index contributed by atoms with van der Waals surface area (Å²) < 4.78 is 16.2. The summed E-state index contributed by atoms with van der Waals surface area (Å²) in [7, 11) is 4.04. The second-order valence-corrected chi connectivity index (χ2v) is 4.47. The molecule has 0 aliphatic heterocycles. The number of halogens is 1. The average molecular weight is 319 g/mol. The summed E-state index contributed by atoms with van der Waals surface area (Å²) in [6.07, 6.45) is -1.05. The molecule has 0 aromatic heterocycles. The minimum Gasteiger partial charge on any atom is -0.479 e. The highest BCUT2D eigenvalue weighted by Gasteiger charge is 2.49. The van der Waals surface area contributed by atoms with Gasteiger partial charge in [-0.05, 0) is 12.1 Å². The minimum absolute atomic E-state index is 0.439. The molecular weight excluding hydrogens is 304 g/mol. The lowest BCUT2D eigenvalue weighted by molar-refractivity contribution is -0.238. The number of hydrogen-bond donors (Lipinski definition) is 1. The Morgan fingerprint density at radius 3 is 2.06 bits per heavy atom. The number of benzene rings is 1. The van der Waals surface area contributed by atoms with E-state index >= 15 is 0 Å². The Hall–Kier alpha value is -0.950. The van der Waals surface area contributed by atoms with Gasteiger partial charge in [0, 0.05) is 31.4 Å². The van der Waals surface area contributed by atoms with Crippen LogP contribution in [0.25, 0.3) is 0 Å². The van der Waals surface area contributed by atoms with Crippen LogP contribution < -0.4 is 0 Å². The molecule has 100 valence electrons. The number of carboxylic acids is 1. The number of ether oxygens (including phenoxy) is 3. The molecule has 1 atom stereocenters. The summed E-state index contributed by atoms with van der Waals surface area (Å²) in [5.74, 6) is -1.18. The molecule has 1 aromatic carbocycles. The molecule has 6 heteroatoms. The maximum absolute atomic E-state index is 11.6. The van der Waals surface area contributed by atoms with Gasteiger partial charge in [-0.3, -0.25) is 0 Å². The first-order chi connectivity index (χ1) is 8.52. The molecule has 1 aromatic rings. The van der Waals surface area contributed by atoms with Crippen molar-refractivity contribution < 1.29 is 24.1 Å². The van der Waals surface area contributed by atoms with Crippen molar-refractivity contribution in [2.45, 2.75) is 11.9 Å². The molecular formula is C12H15BrO5. The van der Waals surface area contributed by atoms with E-state index in [0.717, 1.165) is 4.47 Å². The maximum Gasteiger partial charge on any atom is 0.346 e. The fourth-order valence-corrected chi connectivity index (χ4v) is 2.05. The second kappa shape index (κ2) is 6.29. The van der Waals surface area contributed by atoms with Gasteiger partial charge in [-0.25, -0.2) is 4.79 Å². The predicted octanol–water partition coefficient (Wildman–Crippen LogP) is 1.99. The SMILES string of the molecule is COC(OC)[C@](OC)(C(=O)O)c1ccc(Br)cc1. The molecule has 0 amide bonds. The van der Waals surface area contributed by atoms with Crippen LogP contribution in [0.3, 0.4) is 0 Å². The molecule has 0 unspecified atom stereocenters. The first kappa shape index (κ1) is 15.1. The lowest BCUT2D eigenvalue weighted by Gasteiger charge is -2.34. The van der Waals surface area contributed by atoms with Gasteiger partial charge in [-0.1, -0.05) is 28.1 Å². The van der Waals surface area contributed by atoms with E-state index in [-0.39, 0.29) is 0 Å². The molecule has 0 radical (unpaired) electrons. The highest BCUT2D eigenvalue weighted by Crippen LogP contribution is 2.32. The molecule has 0 saturated heterocycles. The zero-order valence-corrected chi connectivity index (χ0v) is 11.9. The van der Waals surface area contributed by atoms with Crippen LogP contribution in [0.1, 0.15) is 5.56 Å². The van der Waals surface area contributed by atoms with Crippen molar-refractivity contribution in [3.63, 3.8) is 0 Å². The van der Waals surface area contributed by atoms with Gasteiger partial charge in [-0.2, -0.15) is 0 Å². The standard InChI is InChI=1S/C12H15BrO5/c1-16-11(17-2)12(18-3,10(14)15)8-4-6-9(13)7-5-8/h4-7,11H,1-3H3,(H,14,15)/t12-/m1/s1. The van der Waals surface area contributed by atoms with Gasteiger partial charge in [0.2, 0.25) is 11.9 Å². The molecule has 0 heterocycles. The Morgan fingerprint density at radius 1 is 1.22 bits per heavy atom. The Bertz CT molecular complexity index is 401.